The molecule has 27 heavy (non-hydrogen) atoms. The zero-order valence-electron chi connectivity index (χ0n) is 15.3. The minimum Gasteiger partial charge on any atom is -0.376 e. The molecule has 5 nitrogen and oxygen atoms in total. The number of hydrogen-bond donors (Lipinski definition) is 2. The monoisotopic (exact) mass is 360 g/mol. The third-order valence-corrected chi connectivity index (χ3v) is 5.06. The van der Waals surface area contributed by atoms with E-state index in [1.165, 1.54) is 12.8 Å². The van der Waals surface area contributed by atoms with Crippen LogP contribution < -0.4 is 10.6 Å². The summed E-state index contributed by atoms with van der Waals surface area (Å²) in [5.41, 5.74) is 3.16. The van der Waals surface area contributed by atoms with Crippen molar-refractivity contribution in [3.05, 3.63) is 66.9 Å². The molecule has 1 amide bonds. The number of anilines is 2. The van der Waals surface area contributed by atoms with Gasteiger partial charge in [-0.05, 0) is 24.5 Å². The average Bonchev–Trinajstić information content (AvgIpc) is 3.39. The first-order valence-electron chi connectivity index (χ1n) is 9.53. The van der Waals surface area contributed by atoms with Crippen LogP contribution in [0.25, 0.3) is 11.1 Å². The van der Waals surface area contributed by atoms with E-state index in [2.05, 4.69) is 33.9 Å². The van der Waals surface area contributed by atoms with Gasteiger partial charge >= 0.3 is 0 Å². The maximum absolute atomic E-state index is 12.5. The van der Waals surface area contributed by atoms with E-state index < -0.39 is 0 Å². The van der Waals surface area contributed by atoms with Crippen molar-refractivity contribution in [2.45, 2.75) is 31.7 Å². The molecule has 0 unspecified atom stereocenters. The van der Waals surface area contributed by atoms with Crippen LogP contribution in [-0.4, -0.2) is 22.2 Å². The number of carbonyl (C=O) groups excluding carboxylic acids is 1. The summed E-state index contributed by atoms with van der Waals surface area (Å²) in [4.78, 5) is 12.5. The van der Waals surface area contributed by atoms with Crippen LogP contribution in [0.2, 0.25) is 0 Å². The van der Waals surface area contributed by atoms with Crippen LogP contribution in [0.15, 0.2) is 66.9 Å². The third kappa shape index (κ3) is 4.03. The van der Waals surface area contributed by atoms with Gasteiger partial charge in [0, 0.05) is 17.3 Å². The van der Waals surface area contributed by atoms with Gasteiger partial charge in [0.1, 0.15) is 5.82 Å². The summed E-state index contributed by atoms with van der Waals surface area (Å²) in [6, 6.07) is 20.5. The predicted molar refractivity (Wildman–Crippen MR) is 109 cm³/mol. The smallest absolute Gasteiger partial charge is 0.244 e. The molecule has 1 aromatic heterocycles. The molecule has 1 aliphatic carbocycles. The molecule has 5 heteroatoms. The molecule has 1 saturated carbocycles. The Bertz CT molecular complexity index is 897. The van der Waals surface area contributed by atoms with Crippen molar-refractivity contribution >= 4 is 17.4 Å². The number of hydrogen-bond acceptors (Lipinski definition) is 3. The standard InChI is InChI=1S/C22H24N4O/c27-22(25-21-14-15-24-26(21)18-10-4-5-11-18)16-23-20-13-7-6-12-19(20)17-8-2-1-3-9-17/h1-3,6-9,12-15,18,23H,4-5,10-11,16H2,(H,25,27). The Morgan fingerprint density at radius 1 is 1.00 bits per heavy atom. The third-order valence-electron chi connectivity index (χ3n) is 5.06. The summed E-state index contributed by atoms with van der Waals surface area (Å²) in [5.74, 6) is 0.711. The van der Waals surface area contributed by atoms with Gasteiger partial charge < -0.3 is 10.6 Å². The van der Waals surface area contributed by atoms with Crippen LogP contribution in [0.5, 0.6) is 0 Å². The van der Waals surface area contributed by atoms with E-state index >= 15 is 0 Å². The van der Waals surface area contributed by atoms with Gasteiger partial charge in [-0.15, -0.1) is 0 Å². The Balaban J connectivity index is 1.42. The quantitative estimate of drug-likeness (QED) is 0.669. The summed E-state index contributed by atoms with van der Waals surface area (Å²) < 4.78 is 1.96. The van der Waals surface area contributed by atoms with E-state index in [4.69, 9.17) is 0 Å². The number of aromatic nitrogens is 2. The maximum Gasteiger partial charge on any atom is 0.244 e. The van der Waals surface area contributed by atoms with Crippen molar-refractivity contribution in [2.75, 3.05) is 17.2 Å². The molecule has 3 aromatic rings. The SMILES string of the molecule is O=C(CNc1ccccc1-c1ccccc1)Nc1ccnn1C1CCCC1. The molecule has 0 spiro atoms. The van der Waals surface area contributed by atoms with Crippen LogP contribution >= 0.6 is 0 Å². The maximum atomic E-state index is 12.5. The van der Waals surface area contributed by atoms with Crippen LogP contribution in [0, 0.1) is 0 Å². The molecular formula is C22H24N4O. The van der Waals surface area contributed by atoms with Crippen molar-refractivity contribution in [1.29, 1.82) is 0 Å². The molecule has 1 fully saturated rings. The minimum atomic E-state index is -0.0717. The van der Waals surface area contributed by atoms with E-state index in [1.54, 1.807) is 6.20 Å². The Morgan fingerprint density at radius 3 is 2.56 bits per heavy atom. The Kier molecular flexibility index (Phi) is 5.19. The van der Waals surface area contributed by atoms with Gasteiger partial charge in [-0.25, -0.2) is 4.68 Å². The molecule has 1 heterocycles. The molecule has 1 aliphatic rings. The van der Waals surface area contributed by atoms with Crippen molar-refractivity contribution in [3.8, 4) is 11.1 Å². The number of rotatable bonds is 6. The fraction of sp³-hybridized carbons (Fsp3) is 0.273. The predicted octanol–water partition coefficient (Wildman–Crippen LogP) is 4.72. The van der Waals surface area contributed by atoms with E-state index in [-0.39, 0.29) is 12.5 Å². The molecule has 0 bridgehead atoms. The second-order valence-electron chi connectivity index (χ2n) is 6.91. The number of para-hydroxylation sites is 1. The van der Waals surface area contributed by atoms with Crippen LogP contribution in [0.1, 0.15) is 31.7 Å². The molecule has 4 rings (SSSR count). The van der Waals surface area contributed by atoms with Gasteiger partial charge in [0.25, 0.3) is 0 Å². The molecule has 2 N–H and O–H groups in total. The highest BCUT2D eigenvalue weighted by molar-refractivity contribution is 5.93. The number of nitrogens with zero attached hydrogens (tertiary/aromatic N) is 2. The van der Waals surface area contributed by atoms with Crippen molar-refractivity contribution in [1.82, 2.24) is 9.78 Å². The van der Waals surface area contributed by atoms with Gasteiger partial charge in [-0.1, -0.05) is 61.4 Å². The first-order chi connectivity index (χ1) is 13.3. The lowest BCUT2D eigenvalue weighted by Gasteiger charge is -2.15. The van der Waals surface area contributed by atoms with E-state index in [9.17, 15) is 4.79 Å². The highest BCUT2D eigenvalue weighted by atomic mass is 16.2. The second-order valence-corrected chi connectivity index (χ2v) is 6.91. The van der Waals surface area contributed by atoms with Gasteiger partial charge in [0.2, 0.25) is 5.91 Å². The normalized spacial score (nSPS) is 14.2. The van der Waals surface area contributed by atoms with Crippen LogP contribution in [0.4, 0.5) is 11.5 Å². The van der Waals surface area contributed by atoms with E-state index in [1.807, 2.05) is 47.1 Å². The summed E-state index contributed by atoms with van der Waals surface area (Å²) in [5, 5.41) is 10.7. The van der Waals surface area contributed by atoms with Gasteiger partial charge in [0.05, 0.1) is 18.8 Å². The second kappa shape index (κ2) is 8.08. The van der Waals surface area contributed by atoms with E-state index in [0.717, 1.165) is 35.5 Å². The molecule has 0 saturated heterocycles. The van der Waals surface area contributed by atoms with Crippen molar-refractivity contribution in [2.24, 2.45) is 0 Å². The lowest BCUT2D eigenvalue weighted by atomic mass is 10.0. The summed E-state index contributed by atoms with van der Waals surface area (Å²) >= 11 is 0. The zero-order chi connectivity index (χ0) is 18.5. The molecular weight excluding hydrogens is 336 g/mol. The van der Waals surface area contributed by atoms with Crippen molar-refractivity contribution < 1.29 is 4.79 Å². The minimum absolute atomic E-state index is 0.0717. The number of carbonyl (C=O) groups is 1. The lowest BCUT2D eigenvalue weighted by molar-refractivity contribution is -0.114. The average molecular weight is 360 g/mol. The first-order valence-corrected chi connectivity index (χ1v) is 9.53. The summed E-state index contributed by atoms with van der Waals surface area (Å²) in [7, 11) is 0. The number of amides is 1. The fourth-order valence-electron chi connectivity index (χ4n) is 3.72. The summed E-state index contributed by atoms with van der Waals surface area (Å²) in [6.07, 6.45) is 6.48. The Hall–Kier alpha value is -3.08. The highest BCUT2D eigenvalue weighted by Crippen LogP contribution is 2.31. The highest BCUT2D eigenvalue weighted by Gasteiger charge is 2.20. The van der Waals surface area contributed by atoms with Gasteiger partial charge in [-0.2, -0.15) is 5.10 Å². The van der Waals surface area contributed by atoms with E-state index in [0.29, 0.717) is 6.04 Å². The van der Waals surface area contributed by atoms with Crippen LogP contribution in [-0.2, 0) is 4.79 Å². The number of nitrogens with one attached hydrogen (secondary N) is 2. The Labute approximate surface area is 159 Å². The molecule has 0 radical (unpaired) electrons. The van der Waals surface area contributed by atoms with Gasteiger partial charge in [-0.3, -0.25) is 4.79 Å². The summed E-state index contributed by atoms with van der Waals surface area (Å²) in [6.45, 7) is 0.208. The Morgan fingerprint density at radius 2 is 1.74 bits per heavy atom. The fourth-order valence-corrected chi connectivity index (χ4v) is 3.72. The molecule has 138 valence electrons. The largest absolute Gasteiger partial charge is 0.376 e. The van der Waals surface area contributed by atoms with Gasteiger partial charge in [0.15, 0.2) is 0 Å². The topological polar surface area (TPSA) is 59.0 Å². The number of benzene rings is 2. The van der Waals surface area contributed by atoms with Crippen LogP contribution in [0.3, 0.4) is 0 Å². The molecule has 0 aliphatic heterocycles. The first kappa shape index (κ1) is 17.3. The zero-order valence-corrected chi connectivity index (χ0v) is 15.3. The molecule has 2 aromatic carbocycles. The molecule has 0 atom stereocenters. The van der Waals surface area contributed by atoms with Crippen molar-refractivity contribution in [3.63, 3.8) is 0 Å². The lowest BCUT2D eigenvalue weighted by Crippen LogP contribution is -2.24.